The second-order valence-corrected chi connectivity index (χ2v) is 7.20. The Bertz CT molecular complexity index is 594. The van der Waals surface area contributed by atoms with Crippen LogP contribution in [0.1, 0.15) is 30.9 Å². The molecule has 3 rings (SSSR count). The maximum Gasteiger partial charge on any atom is 0.193 e. The molecule has 0 saturated carbocycles. The average molecular weight is 375 g/mol. The molecule has 2 fully saturated rings. The molecule has 6 nitrogen and oxygen atoms in total. The van der Waals surface area contributed by atoms with Crippen LogP contribution in [0.5, 0.6) is 0 Å². The van der Waals surface area contributed by atoms with Crippen LogP contribution in [-0.4, -0.2) is 74.9 Å². The smallest absolute Gasteiger partial charge is 0.193 e. The first kappa shape index (κ1) is 20.1. The van der Waals surface area contributed by atoms with Gasteiger partial charge in [0.15, 0.2) is 5.96 Å². The van der Waals surface area contributed by atoms with Gasteiger partial charge in [-0.05, 0) is 30.9 Å². The summed E-state index contributed by atoms with van der Waals surface area (Å²) in [6.45, 7) is 10.4. The quantitative estimate of drug-likeness (QED) is 0.610. The molecule has 0 atom stereocenters. The van der Waals surface area contributed by atoms with E-state index in [2.05, 4.69) is 51.3 Å². The van der Waals surface area contributed by atoms with Crippen LogP contribution in [0.15, 0.2) is 29.3 Å². The first-order chi connectivity index (χ1) is 13.3. The number of rotatable bonds is 6. The minimum Gasteiger partial charge on any atom is -0.379 e. The lowest BCUT2D eigenvalue weighted by atomic mass is 10.1. The van der Waals surface area contributed by atoms with E-state index < -0.39 is 0 Å². The van der Waals surface area contributed by atoms with Crippen molar-refractivity contribution in [3.8, 4) is 0 Å². The van der Waals surface area contributed by atoms with Gasteiger partial charge in [0, 0.05) is 52.9 Å². The zero-order valence-electron chi connectivity index (χ0n) is 16.8. The van der Waals surface area contributed by atoms with E-state index >= 15 is 0 Å². The molecule has 1 aromatic carbocycles. The molecule has 27 heavy (non-hydrogen) atoms. The van der Waals surface area contributed by atoms with Crippen molar-refractivity contribution in [1.82, 2.24) is 15.1 Å². The molecule has 0 aromatic heterocycles. The van der Waals surface area contributed by atoms with Crippen molar-refractivity contribution in [3.05, 3.63) is 35.4 Å². The molecule has 1 aromatic rings. The SMILES string of the molecule is CCOC1CCN(C(=NC)NCc2ccccc2CN2CCOCC2)CC1. The van der Waals surface area contributed by atoms with Gasteiger partial charge in [0.2, 0.25) is 0 Å². The number of hydrogen-bond donors (Lipinski definition) is 1. The second kappa shape index (κ2) is 10.6. The summed E-state index contributed by atoms with van der Waals surface area (Å²) >= 11 is 0. The lowest BCUT2D eigenvalue weighted by Crippen LogP contribution is -2.46. The number of aliphatic imine (C=N–C) groups is 1. The van der Waals surface area contributed by atoms with E-state index in [-0.39, 0.29) is 0 Å². The van der Waals surface area contributed by atoms with Crippen LogP contribution in [0.25, 0.3) is 0 Å². The van der Waals surface area contributed by atoms with Gasteiger partial charge in [-0.2, -0.15) is 0 Å². The highest BCUT2D eigenvalue weighted by atomic mass is 16.5. The molecule has 1 N–H and O–H groups in total. The number of benzene rings is 1. The minimum atomic E-state index is 0.401. The third-order valence-corrected chi connectivity index (χ3v) is 5.41. The molecule has 2 aliphatic heterocycles. The Kier molecular flexibility index (Phi) is 7.93. The lowest BCUT2D eigenvalue weighted by molar-refractivity contribution is 0.0263. The van der Waals surface area contributed by atoms with Gasteiger partial charge < -0.3 is 19.7 Å². The highest BCUT2D eigenvalue weighted by Crippen LogP contribution is 2.15. The highest BCUT2D eigenvalue weighted by Gasteiger charge is 2.21. The molecule has 0 bridgehead atoms. The number of morpholine rings is 1. The standard InChI is InChI=1S/C21H34N4O2/c1-3-27-20-8-10-25(11-9-20)21(22-2)23-16-18-6-4-5-7-19(18)17-24-12-14-26-15-13-24/h4-7,20H,3,8-17H2,1-2H3,(H,22,23). The Labute approximate surface area is 163 Å². The van der Waals surface area contributed by atoms with Gasteiger partial charge in [-0.15, -0.1) is 0 Å². The number of guanidine groups is 1. The molecule has 0 unspecified atom stereocenters. The van der Waals surface area contributed by atoms with Crippen LogP contribution in [0.2, 0.25) is 0 Å². The molecule has 150 valence electrons. The normalized spacial score (nSPS) is 20.1. The van der Waals surface area contributed by atoms with E-state index in [4.69, 9.17) is 9.47 Å². The van der Waals surface area contributed by atoms with Crippen molar-refractivity contribution in [2.75, 3.05) is 53.0 Å². The number of nitrogens with one attached hydrogen (secondary N) is 1. The van der Waals surface area contributed by atoms with Gasteiger partial charge in [-0.25, -0.2) is 0 Å². The molecular weight excluding hydrogens is 340 g/mol. The van der Waals surface area contributed by atoms with Crippen molar-refractivity contribution >= 4 is 5.96 Å². The zero-order valence-corrected chi connectivity index (χ0v) is 16.8. The molecule has 0 amide bonds. The number of hydrogen-bond acceptors (Lipinski definition) is 4. The van der Waals surface area contributed by atoms with Crippen LogP contribution in [0, 0.1) is 0 Å². The van der Waals surface area contributed by atoms with Gasteiger partial charge in [0.25, 0.3) is 0 Å². The van der Waals surface area contributed by atoms with E-state index in [0.717, 1.165) is 77.9 Å². The van der Waals surface area contributed by atoms with Crippen molar-refractivity contribution in [2.24, 2.45) is 4.99 Å². The van der Waals surface area contributed by atoms with E-state index in [0.29, 0.717) is 6.10 Å². The molecule has 6 heteroatoms. The van der Waals surface area contributed by atoms with E-state index in [1.54, 1.807) is 0 Å². The first-order valence-corrected chi connectivity index (χ1v) is 10.2. The summed E-state index contributed by atoms with van der Waals surface area (Å²) in [5.74, 6) is 0.992. The largest absolute Gasteiger partial charge is 0.379 e. The van der Waals surface area contributed by atoms with Gasteiger partial charge in [-0.3, -0.25) is 9.89 Å². The molecule has 2 saturated heterocycles. The van der Waals surface area contributed by atoms with Gasteiger partial charge in [-0.1, -0.05) is 24.3 Å². The van der Waals surface area contributed by atoms with Crippen LogP contribution >= 0.6 is 0 Å². The molecule has 0 aliphatic carbocycles. The highest BCUT2D eigenvalue weighted by molar-refractivity contribution is 5.80. The number of likely N-dealkylation sites (tertiary alicyclic amines) is 1. The van der Waals surface area contributed by atoms with Crippen LogP contribution in [-0.2, 0) is 22.6 Å². The summed E-state index contributed by atoms with van der Waals surface area (Å²) < 4.78 is 11.2. The number of piperidine rings is 1. The van der Waals surface area contributed by atoms with Gasteiger partial charge in [0.1, 0.15) is 0 Å². The zero-order chi connectivity index (χ0) is 18.9. The maximum absolute atomic E-state index is 5.76. The number of nitrogens with zero attached hydrogens (tertiary/aromatic N) is 3. The lowest BCUT2D eigenvalue weighted by Gasteiger charge is -2.34. The van der Waals surface area contributed by atoms with E-state index in [9.17, 15) is 0 Å². The van der Waals surface area contributed by atoms with Gasteiger partial charge >= 0.3 is 0 Å². The third-order valence-electron chi connectivity index (χ3n) is 5.41. The topological polar surface area (TPSA) is 49.3 Å². The fraction of sp³-hybridized carbons (Fsp3) is 0.667. The van der Waals surface area contributed by atoms with Crippen molar-refractivity contribution < 1.29 is 9.47 Å². The summed E-state index contributed by atoms with van der Waals surface area (Å²) in [4.78, 5) is 9.32. The van der Waals surface area contributed by atoms with Crippen LogP contribution in [0.3, 0.4) is 0 Å². The Morgan fingerprint density at radius 3 is 2.52 bits per heavy atom. The molecule has 0 radical (unpaired) electrons. The monoisotopic (exact) mass is 374 g/mol. The van der Waals surface area contributed by atoms with Crippen molar-refractivity contribution in [2.45, 2.75) is 39.0 Å². The van der Waals surface area contributed by atoms with Crippen LogP contribution in [0.4, 0.5) is 0 Å². The third kappa shape index (κ3) is 5.92. The summed E-state index contributed by atoms with van der Waals surface area (Å²) in [6, 6.07) is 8.71. The Morgan fingerprint density at radius 2 is 1.85 bits per heavy atom. The molecule has 2 aliphatic rings. The summed E-state index contributed by atoms with van der Waals surface area (Å²) in [5.41, 5.74) is 2.73. The Morgan fingerprint density at radius 1 is 1.15 bits per heavy atom. The number of ether oxygens (including phenoxy) is 2. The van der Waals surface area contributed by atoms with Crippen molar-refractivity contribution in [1.29, 1.82) is 0 Å². The summed E-state index contributed by atoms with van der Waals surface area (Å²) in [6.07, 6.45) is 2.54. The predicted octanol–water partition coefficient (Wildman–Crippen LogP) is 2.10. The Hall–Kier alpha value is -1.63. The van der Waals surface area contributed by atoms with Crippen molar-refractivity contribution in [3.63, 3.8) is 0 Å². The maximum atomic E-state index is 5.76. The fourth-order valence-electron chi connectivity index (χ4n) is 3.86. The molecule has 0 spiro atoms. The van der Waals surface area contributed by atoms with E-state index in [1.807, 2.05) is 7.05 Å². The summed E-state index contributed by atoms with van der Waals surface area (Å²) in [7, 11) is 1.87. The molecule has 2 heterocycles. The average Bonchev–Trinajstić information content (AvgIpc) is 2.72. The summed E-state index contributed by atoms with van der Waals surface area (Å²) in [5, 5.41) is 3.57. The predicted molar refractivity (Wildman–Crippen MR) is 109 cm³/mol. The molecular formula is C21H34N4O2. The minimum absolute atomic E-state index is 0.401. The van der Waals surface area contributed by atoms with E-state index in [1.165, 1.54) is 11.1 Å². The fourth-order valence-corrected chi connectivity index (χ4v) is 3.86. The van der Waals surface area contributed by atoms with Crippen LogP contribution < -0.4 is 5.32 Å². The Balaban J connectivity index is 1.54. The first-order valence-electron chi connectivity index (χ1n) is 10.2. The van der Waals surface area contributed by atoms with Gasteiger partial charge in [0.05, 0.1) is 19.3 Å². The second-order valence-electron chi connectivity index (χ2n) is 7.20.